The van der Waals surface area contributed by atoms with Gasteiger partial charge in [-0.05, 0) is 24.2 Å². The highest BCUT2D eigenvalue weighted by Crippen LogP contribution is 2.24. The van der Waals surface area contributed by atoms with Crippen LogP contribution in [0.15, 0.2) is 0 Å². The van der Waals surface area contributed by atoms with E-state index < -0.39 is 6.04 Å². The van der Waals surface area contributed by atoms with Gasteiger partial charge >= 0.3 is 0 Å². The molecule has 0 radical (unpaired) electrons. The van der Waals surface area contributed by atoms with Crippen LogP contribution in [0.3, 0.4) is 0 Å². The number of nitrogens with two attached hydrogens (primary N) is 1. The van der Waals surface area contributed by atoms with Crippen LogP contribution in [-0.2, 0) is 4.79 Å². The summed E-state index contributed by atoms with van der Waals surface area (Å²) >= 11 is 0. The maximum atomic E-state index is 11.7. The van der Waals surface area contributed by atoms with E-state index in [1.807, 2.05) is 20.8 Å². The fourth-order valence-corrected chi connectivity index (χ4v) is 1.96. The lowest BCUT2D eigenvalue weighted by Gasteiger charge is -2.26. The smallest absolute Gasteiger partial charge is 0.237 e. The minimum absolute atomic E-state index is 0.00519. The fraction of sp³-hybridized carbons (Fsp3) is 0.917. The molecule has 3 nitrogen and oxygen atoms in total. The molecule has 1 rings (SSSR count). The Bertz CT molecular complexity index is 214. The van der Waals surface area contributed by atoms with Gasteiger partial charge in [0.2, 0.25) is 5.91 Å². The lowest BCUT2D eigenvalue weighted by molar-refractivity contribution is -0.124. The number of amides is 1. The summed E-state index contributed by atoms with van der Waals surface area (Å²) in [5.41, 5.74) is 5.71. The lowest BCUT2D eigenvalue weighted by Crippen LogP contribution is -2.49. The van der Waals surface area contributed by atoms with E-state index in [1.54, 1.807) is 0 Å². The van der Waals surface area contributed by atoms with Crippen LogP contribution >= 0.6 is 0 Å². The zero-order chi connectivity index (χ0) is 11.5. The van der Waals surface area contributed by atoms with Gasteiger partial charge in [-0.25, -0.2) is 0 Å². The van der Waals surface area contributed by atoms with Crippen molar-refractivity contribution in [2.24, 2.45) is 17.1 Å². The highest BCUT2D eigenvalue weighted by atomic mass is 16.2. The van der Waals surface area contributed by atoms with Crippen LogP contribution in [0.4, 0.5) is 0 Å². The highest BCUT2D eigenvalue weighted by molar-refractivity contribution is 5.82. The molecule has 3 heteroatoms. The predicted octanol–water partition coefficient (Wildman–Crippen LogP) is 1.67. The Labute approximate surface area is 92.8 Å². The monoisotopic (exact) mass is 212 g/mol. The van der Waals surface area contributed by atoms with Crippen LogP contribution in [-0.4, -0.2) is 18.5 Å². The minimum atomic E-state index is -0.404. The summed E-state index contributed by atoms with van der Waals surface area (Å²) < 4.78 is 0. The van der Waals surface area contributed by atoms with Gasteiger partial charge in [0, 0.05) is 6.54 Å². The van der Waals surface area contributed by atoms with E-state index in [9.17, 15) is 4.79 Å². The normalized spacial score (nSPS) is 20.3. The Morgan fingerprint density at radius 2 is 1.93 bits per heavy atom. The average Bonchev–Trinajstić information content (AvgIpc) is 2.63. The van der Waals surface area contributed by atoms with Crippen LogP contribution in [0, 0.1) is 11.3 Å². The van der Waals surface area contributed by atoms with Gasteiger partial charge in [0.05, 0.1) is 6.04 Å². The second-order valence-electron chi connectivity index (χ2n) is 5.74. The first kappa shape index (κ1) is 12.5. The van der Waals surface area contributed by atoms with E-state index in [0.29, 0.717) is 5.92 Å². The van der Waals surface area contributed by atoms with Crippen LogP contribution < -0.4 is 11.1 Å². The van der Waals surface area contributed by atoms with E-state index in [0.717, 1.165) is 6.54 Å². The van der Waals surface area contributed by atoms with Gasteiger partial charge in [-0.3, -0.25) is 4.79 Å². The number of hydrogen-bond acceptors (Lipinski definition) is 2. The van der Waals surface area contributed by atoms with Crippen LogP contribution in [0.2, 0.25) is 0 Å². The summed E-state index contributed by atoms with van der Waals surface area (Å²) in [7, 11) is 0. The molecule has 0 aromatic carbocycles. The molecular formula is C12H24N2O. The van der Waals surface area contributed by atoms with E-state index in [2.05, 4.69) is 5.32 Å². The highest BCUT2D eigenvalue weighted by Gasteiger charge is 2.27. The zero-order valence-electron chi connectivity index (χ0n) is 10.2. The first-order chi connectivity index (χ1) is 6.91. The van der Waals surface area contributed by atoms with Crippen molar-refractivity contribution in [3.8, 4) is 0 Å². The first-order valence-corrected chi connectivity index (χ1v) is 5.94. The van der Waals surface area contributed by atoms with E-state index in [4.69, 9.17) is 5.73 Å². The van der Waals surface area contributed by atoms with Gasteiger partial charge in [-0.2, -0.15) is 0 Å². The van der Waals surface area contributed by atoms with Crippen molar-refractivity contribution in [2.75, 3.05) is 6.54 Å². The Balaban J connectivity index is 2.29. The third kappa shape index (κ3) is 3.82. The van der Waals surface area contributed by atoms with Gasteiger partial charge in [0.1, 0.15) is 0 Å². The van der Waals surface area contributed by atoms with Crippen LogP contribution in [0.25, 0.3) is 0 Å². The first-order valence-electron chi connectivity index (χ1n) is 5.94. The third-order valence-electron chi connectivity index (χ3n) is 3.26. The van der Waals surface area contributed by atoms with Crippen molar-refractivity contribution in [1.29, 1.82) is 0 Å². The lowest BCUT2D eigenvalue weighted by atomic mass is 9.87. The molecule has 0 saturated heterocycles. The van der Waals surface area contributed by atoms with Gasteiger partial charge < -0.3 is 11.1 Å². The van der Waals surface area contributed by atoms with Gasteiger partial charge in [0.25, 0.3) is 0 Å². The Hall–Kier alpha value is -0.570. The number of hydrogen-bond donors (Lipinski definition) is 2. The Morgan fingerprint density at radius 3 is 2.40 bits per heavy atom. The maximum absolute atomic E-state index is 11.7. The van der Waals surface area contributed by atoms with Crippen LogP contribution in [0.5, 0.6) is 0 Å². The second-order valence-corrected chi connectivity index (χ2v) is 5.74. The third-order valence-corrected chi connectivity index (χ3v) is 3.26. The molecule has 1 aliphatic rings. The Kier molecular flexibility index (Phi) is 4.14. The summed E-state index contributed by atoms with van der Waals surface area (Å²) in [6.07, 6.45) is 5.13. The predicted molar refractivity (Wildman–Crippen MR) is 62.4 cm³/mol. The van der Waals surface area contributed by atoms with Gasteiger partial charge in [-0.15, -0.1) is 0 Å². The molecule has 88 valence electrons. The van der Waals surface area contributed by atoms with Crippen molar-refractivity contribution < 1.29 is 4.79 Å². The van der Waals surface area contributed by atoms with Gasteiger partial charge in [0.15, 0.2) is 0 Å². The van der Waals surface area contributed by atoms with Crippen molar-refractivity contribution in [2.45, 2.75) is 52.5 Å². The van der Waals surface area contributed by atoms with E-state index in [-0.39, 0.29) is 11.3 Å². The molecule has 1 atom stereocenters. The van der Waals surface area contributed by atoms with Crippen molar-refractivity contribution in [3.63, 3.8) is 0 Å². The molecular weight excluding hydrogens is 188 g/mol. The van der Waals surface area contributed by atoms with Crippen molar-refractivity contribution >= 4 is 5.91 Å². The van der Waals surface area contributed by atoms with Crippen molar-refractivity contribution in [1.82, 2.24) is 5.32 Å². The second kappa shape index (κ2) is 4.97. The van der Waals surface area contributed by atoms with E-state index >= 15 is 0 Å². The quantitative estimate of drug-likeness (QED) is 0.747. The largest absolute Gasteiger partial charge is 0.354 e. The maximum Gasteiger partial charge on any atom is 0.237 e. The molecule has 1 amide bonds. The molecule has 0 spiro atoms. The molecule has 1 fully saturated rings. The SMILES string of the molecule is CC(C)(C)C(N)C(=O)NCC1CCCC1. The molecule has 0 aromatic heterocycles. The average molecular weight is 212 g/mol. The number of carbonyl (C=O) groups is 1. The van der Waals surface area contributed by atoms with E-state index in [1.165, 1.54) is 25.7 Å². The van der Waals surface area contributed by atoms with Crippen molar-refractivity contribution in [3.05, 3.63) is 0 Å². The minimum Gasteiger partial charge on any atom is -0.354 e. The molecule has 15 heavy (non-hydrogen) atoms. The topological polar surface area (TPSA) is 55.1 Å². The number of carbonyl (C=O) groups excluding carboxylic acids is 1. The summed E-state index contributed by atoms with van der Waals surface area (Å²) in [6, 6.07) is -0.404. The molecule has 1 aliphatic carbocycles. The number of nitrogens with one attached hydrogen (secondary N) is 1. The summed E-state index contributed by atoms with van der Waals surface area (Å²) in [5.74, 6) is 0.676. The molecule has 0 aliphatic heterocycles. The van der Waals surface area contributed by atoms with Crippen LogP contribution in [0.1, 0.15) is 46.5 Å². The zero-order valence-corrected chi connectivity index (χ0v) is 10.2. The fourth-order valence-electron chi connectivity index (χ4n) is 1.96. The molecule has 3 N–H and O–H groups in total. The summed E-state index contributed by atoms with van der Waals surface area (Å²) in [6.45, 7) is 6.79. The molecule has 1 unspecified atom stereocenters. The number of rotatable bonds is 3. The summed E-state index contributed by atoms with van der Waals surface area (Å²) in [5, 5.41) is 2.97. The molecule has 1 saturated carbocycles. The Morgan fingerprint density at radius 1 is 1.40 bits per heavy atom. The molecule has 0 heterocycles. The standard InChI is InChI=1S/C12H24N2O/c1-12(2,3)10(13)11(15)14-8-9-6-4-5-7-9/h9-10H,4-8,13H2,1-3H3,(H,14,15). The summed E-state index contributed by atoms with van der Waals surface area (Å²) in [4.78, 5) is 11.7. The molecule has 0 bridgehead atoms. The molecule has 0 aromatic rings. The van der Waals surface area contributed by atoms with Gasteiger partial charge in [-0.1, -0.05) is 33.6 Å².